The number of imidazole rings is 1. The first-order valence-corrected chi connectivity index (χ1v) is 6.60. The first kappa shape index (κ1) is 15.0. The van der Waals surface area contributed by atoms with E-state index in [0.717, 1.165) is 17.0 Å². The molecule has 2 aromatic carbocycles. The Kier molecular flexibility index (Phi) is 3.51. The first-order chi connectivity index (χ1) is 10.8. The lowest BCUT2D eigenvalue weighted by Crippen LogP contribution is -2.16. The number of hydrogen-bond acceptors (Lipinski definition) is 3. The van der Waals surface area contributed by atoms with Crippen LogP contribution in [0.5, 0.6) is 0 Å². The molecule has 0 aliphatic rings. The van der Waals surface area contributed by atoms with Crippen molar-refractivity contribution in [1.29, 1.82) is 0 Å². The van der Waals surface area contributed by atoms with Gasteiger partial charge in [0.2, 0.25) is 0 Å². The molecule has 0 fully saturated rings. The molecule has 5 nitrogen and oxygen atoms in total. The molecular formula is C15H10F3N3O2. The number of alkyl halides is 3. The number of aromatic nitrogens is 2. The zero-order valence-corrected chi connectivity index (χ0v) is 11.6. The van der Waals surface area contributed by atoms with Crippen LogP contribution in [0.1, 0.15) is 0 Å². The minimum atomic E-state index is -4.44. The Labute approximate surface area is 128 Å². The monoisotopic (exact) mass is 321 g/mol. The molecule has 0 radical (unpaired) electrons. The summed E-state index contributed by atoms with van der Waals surface area (Å²) in [5.74, 6) is 0. The van der Waals surface area contributed by atoms with E-state index in [1.54, 1.807) is 30.3 Å². The molecule has 0 unspecified atom stereocenters. The maximum Gasteiger partial charge on any atom is 0.406 e. The van der Waals surface area contributed by atoms with Crippen molar-refractivity contribution >= 4 is 16.7 Å². The molecule has 8 heteroatoms. The summed E-state index contributed by atoms with van der Waals surface area (Å²) in [7, 11) is 0. The van der Waals surface area contributed by atoms with Crippen molar-refractivity contribution < 1.29 is 18.1 Å². The fourth-order valence-corrected chi connectivity index (χ4v) is 2.41. The molecule has 23 heavy (non-hydrogen) atoms. The van der Waals surface area contributed by atoms with E-state index in [2.05, 4.69) is 4.98 Å². The van der Waals surface area contributed by atoms with Gasteiger partial charge in [-0.2, -0.15) is 13.2 Å². The molecule has 3 aromatic rings. The highest BCUT2D eigenvalue weighted by Gasteiger charge is 2.29. The summed E-state index contributed by atoms with van der Waals surface area (Å²) in [4.78, 5) is 14.5. The number of hydrogen-bond donors (Lipinski definition) is 0. The molecule has 0 spiro atoms. The van der Waals surface area contributed by atoms with Gasteiger partial charge in [0.05, 0.1) is 22.3 Å². The number of nitrogens with zero attached hydrogens (tertiary/aromatic N) is 3. The van der Waals surface area contributed by atoms with E-state index in [0.29, 0.717) is 16.6 Å². The van der Waals surface area contributed by atoms with Crippen LogP contribution in [0.2, 0.25) is 0 Å². The van der Waals surface area contributed by atoms with E-state index < -0.39 is 17.6 Å². The van der Waals surface area contributed by atoms with Gasteiger partial charge < -0.3 is 4.57 Å². The summed E-state index contributed by atoms with van der Waals surface area (Å²) in [6.07, 6.45) is -3.39. The lowest BCUT2D eigenvalue weighted by Gasteiger charge is -2.09. The van der Waals surface area contributed by atoms with Gasteiger partial charge in [0.25, 0.3) is 5.69 Å². The second kappa shape index (κ2) is 5.38. The number of fused-ring (bicyclic) bond motifs is 1. The molecule has 0 saturated heterocycles. The second-order valence-electron chi connectivity index (χ2n) is 4.97. The number of benzene rings is 2. The van der Waals surface area contributed by atoms with E-state index in [9.17, 15) is 23.3 Å². The number of nitro benzene ring substituents is 1. The molecule has 1 heterocycles. The normalized spacial score (nSPS) is 11.8. The molecule has 118 valence electrons. The molecule has 0 amide bonds. The van der Waals surface area contributed by atoms with Crippen molar-refractivity contribution in [3.05, 3.63) is 58.9 Å². The molecule has 0 atom stereocenters. The minimum Gasteiger partial charge on any atom is -0.321 e. The van der Waals surface area contributed by atoms with Crippen LogP contribution in [0.15, 0.2) is 48.8 Å². The van der Waals surface area contributed by atoms with Crippen LogP contribution in [-0.2, 0) is 6.54 Å². The quantitative estimate of drug-likeness (QED) is 0.537. The third-order valence-electron chi connectivity index (χ3n) is 3.36. The maximum atomic E-state index is 12.6. The van der Waals surface area contributed by atoms with Crippen molar-refractivity contribution in [2.24, 2.45) is 0 Å². The summed E-state index contributed by atoms with van der Waals surface area (Å²) >= 11 is 0. The zero-order chi connectivity index (χ0) is 16.6. The Morgan fingerprint density at radius 3 is 2.48 bits per heavy atom. The van der Waals surface area contributed by atoms with Gasteiger partial charge in [-0.25, -0.2) is 4.98 Å². The Hall–Kier alpha value is -2.90. The lowest BCUT2D eigenvalue weighted by atomic mass is 10.0. The predicted molar refractivity (Wildman–Crippen MR) is 77.9 cm³/mol. The van der Waals surface area contributed by atoms with Gasteiger partial charge in [-0.3, -0.25) is 10.1 Å². The van der Waals surface area contributed by atoms with Crippen molar-refractivity contribution in [3.63, 3.8) is 0 Å². The predicted octanol–water partition coefficient (Wildman–Crippen LogP) is 4.17. The van der Waals surface area contributed by atoms with E-state index >= 15 is 0 Å². The highest BCUT2D eigenvalue weighted by atomic mass is 19.4. The second-order valence-corrected chi connectivity index (χ2v) is 4.97. The molecule has 0 saturated carbocycles. The molecule has 0 bridgehead atoms. The largest absolute Gasteiger partial charge is 0.406 e. The Balaban J connectivity index is 2.26. The van der Waals surface area contributed by atoms with Gasteiger partial charge in [0, 0.05) is 17.7 Å². The standard InChI is InChI=1S/C15H10F3N3O2/c16-15(17,18)8-20-9-19-14-12(10-4-2-1-3-5-10)6-11(21(22)23)7-13(14)20/h1-7,9H,8H2. The van der Waals surface area contributed by atoms with Crippen LogP contribution in [-0.4, -0.2) is 20.7 Å². The van der Waals surface area contributed by atoms with Gasteiger partial charge in [-0.05, 0) is 5.56 Å². The molecular weight excluding hydrogens is 311 g/mol. The van der Waals surface area contributed by atoms with Crippen LogP contribution < -0.4 is 0 Å². The first-order valence-electron chi connectivity index (χ1n) is 6.60. The lowest BCUT2D eigenvalue weighted by molar-refractivity contribution is -0.384. The molecule has 0 aliphatic heterocycles. The molecule has 1 aromatic heterocycles. The van der Waals surface area contributed by atoms with Gasteiger partial charge in [0.1, 0.15) is 6.54 Å². The number of non-ortho nitro benzene ring substituents is 1. The topological polar surface area (TPSA) is 61.0 Å². The van der Waals surface area contributed by atoms with E-state index in [4.69, 9.17) is 0 Å². The Morgan fingerprint density at radius 1 is 1.17 bits per heavy atom. The number of halogens is 3. The summed E-state index contributed by atoms with van der Waals surface area (Å²) in [5.41, 5.74) is 1.18. The third-order valence-corrected chi connectivity index (χ3v) is 3.36. The van der Waals surface area contributed by atoms with E-state index in [1.165, 1.54) is 6.07 Å². The van der Waals surface area contributed by atoms with Crippen molar-refractivity contribution in [3.8, 4) is 11.1 Å². The van der Waals surface area contributed by atoms with Crippen LogP contribution in [0.3, 0.4) is 0 Å². The van der Waals surface area contributed by atoms with E-state index in [1.807, 2.05) is 0 Å². The van der Waals surface area contributed by atoms with Crippen LogP contribution in [0, 0.1) is 10.1 Å². The maximum absolute atomic E-state index is 12.6. The number of nitro groups is 1. The SMILES string of the molecule is O=[N+]([O-])c1cc(-c2ccccc2)c2ncn(CC(F)(F)F)c2c1. The average molecular weight is 321 g/mol. The smallest absolute Gasteiger partial charge is 0.321 e. The average Bonchev–Trinajstić information content (AvgIpc) is 2.88. The van der Waals surface area contributed by atoms with Crippen LogP contribution >= 0.6 is 0 Å². The van der Waals surface area contributed by atoms with E-state index in [-0.39, 0.29) is 11.2 Å². The summed E-state index contributed by atoms with van der Waals surface area (Å²) < 4.78 is 38.8. The van der Waals surface area contributed by atoms with Crippen molar-refractivity contribution in [2.75, 3.05) is 0 Å². The summed E-state index contributed by atoms with van der Waals surface area (Å²) in [6.45, 7) is -1.25. The van der Waals surface area contributed by atoms with Gasteiger partial charge in [-0.15, -0.1) is 0 Å². The van der Waals surface area contributed by atoms with Crippen molar-refractivity contribution in [2.45, 2.75) is 12.7 Å². The fourth-order valence-electron chi connectivity index (χ4n) is 2.41. The highest BCUT2D eigenvalue weighted by Crippen LogP contribution is 2.33. The van der Waals surface area contributed by atoms with Crippen LogP contribution in [0.4, 0.5) is 18.9 Å². The zero-order valence-electron chi connectivity index (χ0n) is 11.6. The Morgan fingerprint density at radius 2 is 1.87 bits per heavy atom. The molecule has 3 rings (SSSR count). The van der Waals surface area contributed by atoms with Crippen LogP contribution in [0.25, 0.3) is 22.2 Å². The molecule has 0 aliphatic carbocycles. The Bertz CT molecular complexity index is 873. The van der Waals surface area contributed by atoms with Gasteiger partial charge in [-0.1, -0.05) is 30.3 Å². The summed E-state index contributed by atoms with van der Waals surface area (Å²) in [6, 6.07) is 11.1. The van der Waals surface area contributed by atoms with Gasteiger partial charge >= 0.3 is 6.18 Å². The van der Waals surface area contributed by atoms with Gasteiger partial charge in [0.15, 0.2) is 0 Å². The number of rotatable bonds is 3. The highest BCUT2D eigenvalue weighted by molar-refractivity contribution is 5.94. The fraction of sp³-hybridized carbons (Fsp3) is 0.133. The third kappa shape index (κ3) is 3.01. The summed E-state index contributed by atoms with van der Waals surface area (Å²) in [5, 5.41) is 11.1. The van der Waals surface area contributed by atoms with Crippen molar-refractivity contribution in [1.82, 2.24) is 9.55 Å². The minimum absolute atomic E-state index is 0.0791. The molecule has 0 N–H and O–H groups in total.